The Labute approximate surface area is 97.6 Å². The normalized spacial score (nSPS) is 12.1. The summed E-state index contributed by atoms with van der Waals surface area (Å²) in [4.78, 5) is 2.58. The molecule has 90 valence electrons. The minimum Gasteiger partial charge on any atom is -0.304 e. The van der Waals surface area contributed by atoms with Gasteiger partial charge in [0, 0.05) is 0 Å². The maximum absolute atomic E-state index is 4.05. The standard InChI is InChI=1S/C13H29NSi/c1-7-9-14(8-2)10-11-15(5,6)12-13(3)4/h3,7-12H2,1-2,4-6H3. The summed E-state index contributed by atoms with van der Waals surface area (Å²) in [7, 11) is -1.02. The van der Waals surface area contributed by atoms with E-state index in [9.17, 15) is 0 Å². The van der Waals surface area contributed by atoms with Crippen LogP contribution in [0.15, 0.2) is 12.2 Å². The molecule has 0 atom stereocenters. The van der Waals surface area contributed by atoms with E-state index in [0.717, 1.165) is 0 Å². The molecular formula is C13H29NSi. The van der Waals surface area contributed by atoms with Crippen LogP contribution in [-0.4, -0.2) is 32.6 Å². The van der Waals surface area contributed by atoms with Gasteiger partial charge in [0.2, 0.25) is 0 Å². The van der Waals surface area contributed by atoms with Crippen LogP contribution in [0, 0.1) is 0 Å². The van der Waals surface area contributed by atoms with E-state index in [-0.39, 0.29) is 0 Å². The molecule has 15 heavy (non-hydrogen) atoms. The molecule has 0 aromatic rings. The molecule has 2 heteroatoms. The van der Waals surface area contributed by atoms with Gasteiger partial charge < -0.3 is 4.90 Å². The number of allylic oxidation sites excluding steroid dienone is 1. The van der Waals surface area contributed by atoms with Crippen LogP contribution in [0.25, 0.3) is 0 Å². The Balaban J connectivity index is 3.94. The highest BCUT2D eigenvalue weighted by Crippen LogP contribution is 2.20. The number of hydrogen-bond acceptors (Lipinski definition) is 1. The van der Waals surface area contributed by atoms with Gasteiger partial charge >= 0.3 is 0 Å². The first-order valence-corrected chi connectivity index (χ1v) is 9.69. The molecule has 0 fully saturated rings. The fourth-order valence-electron chi connectivity index (χ4n) is 2.11. The van der Waals surface area contributed by atoms with E-state index < -0.39 is 8.07 Å². The first-order chi connectivity index (χ1) is 6.91. The zero-order chi connectivity index (χ0) is 11.9. The predicted octanol–water partition coefficient (Wildman–Crippen LogP) is 4.00. The molecule has 0 unspecified atom stereocenters. The molecule has 0 saturated carbocycles. The van der Waals surface area contributed by atoms with Gasteiger partial charge in [-0.25, -0.2) is 0 Å². The molecule has 0 spiro atoms. The maximum Gasteiger partial charge on any atom is 0.0526 e. The molecule has 0 amide bonds. The van der Waals surface area contributed by atoms with Crippen LogP contribution in [-0.2, 0) is 0 Å². The van der Waals surface area contributed by atoms with Crippen LogP contribution in [0.1, 0.15) is 27.2 Å². The van der Waals surface area contributed by atoms with E-state index >= 15 is 0 Å². The van der Waals surface area contributed by atoms with Crippen molar-refractivity contribution in [2.75, 3.05) is 19.6 Å². The third kappa shape index (κ3) is 7.80. The van der Waals surface area contributed by atoms with E-state index in [1.807, 2.05) is 0 Å². The van der Waals surface area contributed by atoms with Crippen LogP contribution in [0.2, 0.25) is 25.2 Å². The third-order valence-electron chi connectivity index (χ3n) is 2.87. The van der Waals surface area contributed by atoms with Gasteiger partial charge in [-0.1, -0.05) is 32.5 Å². The lowest BCUT2D eigenvalue weighted by atomic mass is 10.4. The van der Waals surface area contributed by atoms with Crippen molar-refractivity contribution < 1.29 is 0 Å². The monoisotopic (exact) mass is 227 g/mol. The zero-order valence-electron chi connectivity index (χ0n) is 11.4. The van der Waals surface area contributed by atoms with Gasteiger partial charge in [0.25, 0.3) is 0 Å². The van der Waals surface area contributed by atoms with E-state index in [4.69, 9.17) is 0 Å². The summed E-state index contributed by atoms with van der Waals surface area (Å²) in [5.41, 5.74) is 1.37. The molecule has 0 radical (unpaired) electrons. The van der Waals surface area contributed by atoms with Crippen LogP contribution >= 0.6 is 0 Å². The largest absolute Gasteiger partial charge is 0.304 e. The highest BCUT2D eigenvalue weighted by molar-refractivity contribution is 6.78. The SMILES string of the molecule is C=C(C)C[Si](C)(C)CCN(CC)CCC. The minimum absolute atomic E-state index is 1.02. The van der Waals surface area contributed by atoms with E-state index in [1.54, 1.807) is 0 Å². The van der Waals surface area contributed by atoms with Gasteiger partial charge in [0.05, 0.1) is 8.07 Å². The zero-order valence-corrected chi connectivity index (χ0v) is 12.4. The van der Waals surface area contributed by atoms with Crippen LogP contribution < -0.4 is 0 Å². The van der Waals surface area contributed by atoms with Crippen molar-refractivity contribution in [3.8, 4) is 0 Å². The van der Waals surface area contributed by atoms with Crippen molar-refractivity contribution in [2.45, 2.75) is 52.4 Å². The Morgan fingerprint density at radius 3 is 2.20 bits per heavy atom. The fraction of sp³-hybridized carbons (Fsp3) is 0.846. The van der Waals surface area contributed by atoms with Gasteiger partial charge in [-0.2, -0.15) is 0 Å². The predicted molar refractivity (Wildman–Crippen MR) is 74.3 cm³/mol. The number of nitrogens with zero attached hydrogens (tertiary/aromatic N) is 1. The average molecular weight is 227 g/mol. The van der Waals surface area contributed by atoms with E-state index in [2.05, 4.69) is 45.3 Å². The van der Waals surface area contributed by atoms with Crippen LogP contribution in [0.5, 0.6) is 0 Å². The fourth-order valence-corrected chi connectivity index (χ4v) is 4.84. The lowest BCUT2D eigenvalue weighted by Gasteiger charge is -2.27. The molecule has 0 aliphatic carbocycles. The third-order valence-corrected chi connectivity index (χ3v) is 6.01. The smallest absolute Gasteiger partial charge is 0.0526 e. The van der Waals surface area contributed by atoms with Crippen LogP contribution in [0.4, 0.5) is 0 Å². The maximum atomic E-state index is 4.05. The highest BCUT2D eigenvalue weighted by Gasteiger charge is 2.20. The second-order valence-corrected chi connectivity index (χ2v) is 10.7. The van der Waals surface area contributed by atoms with Crippen molar-refractivity contribution in [3.63, 3.8) is 0 Å². The van der Waals surface area contributed by atoms with Crippen molar-refractivity contribution >= 4 is 8.07 Å². The summed E-state index contributed by atoms with van der Waals surface area (Å²) in [6, 6.07) is 2.70. The molecule has 0 heterocycles. The molecule has 0 aromatic heterocycles. The van der Waals surface area contributed by atoms with Gasteiger partial charge in [-0.15, -0.1) is 6.58 Å². The molecule has 0 bridgehead atoms. The molecule has 0 N–H and O–H groups in total. The van der Waals surface area contributed by atoms with E-state index in [1.165, 1.54) is 43.7 Å². The lowest BCUT2D eigenvalue weighted by molar-refractivity contribution is 0.303. The number of hydrogen-bond donors (Lipinski definition) is 0. The first kappa shape index (κ1) is 14.9. The van der Waals surface area contributed by atoms with Gasteiger partial charge in [-0.05, 0) is 45.1 Å². The molecule has 0 rings (SSSR count). The summed E-state index contributed by atoms with van der Waals surface area (Å²) in [6.45, 7) is 19.5. The summed E-state index contributed by atoms with van der Waals surface area (Å²) in [5.74, 6) is 0. The van der Waals surface area contributed by atoms with Gasteiger partial charge in [-0.3, -0.25) is 0 Å². The molecule has 1 nitrogen and oxygen atoms in total. The Morgan fingerprint density at radius 2 is 1.80 bits per heavy atom. The molecule has 0 aromatic carbocycles. The summed E-state index contributed by atoms with van der Waals surface area (Å²) < 4.78 is 0. The summed E-state index contributed by atoms with van der Waals surface area (Å²) in [5, 5.41) is 0. The summed E-state index contributed by atoms with van der Waals surface area (Å²) in [6.07, 6.45) is 1.27. The minimum atomic E-state index is -1.02. The average Bonchev–Trinajstić information content (AvgIpc) is 2.10. The molecule has 0 saturated heterocycles. The second kappa shape index (κ2) is 7.23. The molecule has 0 aliphatic rings. The Bertz CT molecular complexity index is 187. The Morgan fingerprint density at radius 1 is 1.20 bits per heavy atom. The van der Waals surface area contributed by atoms with Gasteiger partial charge in [0.1, 0.15) is 0 Å². The quantitative estimate of drug-likeness (QED) is 0.447. The highest BCUT2D eigenvalue weighted by atomic mass is 28.3. The van der Waals surface area contributed by atoms with Gasteiger partial charge in [0.15, 0.2) is 0 Å². The first-order valence-electron chi connectivity index (χ1n) is 6.28. The van der Waals surface area contributed by atoms with Crippen molar-refractivity contribution in [2.24, 2.45) is 0 Å². The van der Waals surface area contributed by atoms with E-state index in [0.29, 0.717) is 0 Å². The lowest BCUT2D eigenvalue weighted by Crippen LogP contribution is -2.33. The molecule has 0 aliphatic heterocycles. The van der Waals surface area contributed by atoms with Crippen LogP contribution in [0.3, 0.4) is 0 Å². The number of rotatable bonds is 8. The Hall–Kier alpha value is -0.0831. The van der Waals surface area contributed by atoms with Crippen molar-refractivity contribution in [1.29, 1.82) is 0 Å². The topological polar surface area (TPSA) is 3.24 Å². The van der Waals surface area contributed by atoms with Crippen molar-refractivity contribution in [1.82, 2.24) is 4.90 Å². The summed E-state index contributed by atoms with van der Waals surface area (Å²) >= 11 is 0. The Kier molecular flexibility index (Phi) is 7.19. The second-order valence-electron chi connectivity index (χ2n) is 5.48. The van der Waals surface area contributed by atoms with Crippen molar-refractivity contribution in [3.05, 3.63) is 12.2 Å². The molecular weight excluding hydrogens is 198 g/mol.